The molecule has 5 nitrogen and oxygen atoms in total. The van der Waals surface area contributed by atoms with Crippen molar-refractivity contribution in [3.8, 4) is 6.07 Å². The quantitative estimate of drug-likeness (QED) is 0.837. The highest BCUT2D eigenvalue weighted by Crippen LogP contribution is 2.18. The second-order valence-electron chi connectivity index (χ2n) is 4.68. The number of hydrogen-bond donors (Lipinski definition) is 1. The van der Waals surface area contributed by atoms with Gasteiger partial charge in [-0.25, -0.2) is 0 Å². The maximum Gasteiger partial charge on any atom is 0.142 e. The highest BCUT2D eigenvalue weighted by atomic mass is 15.3. The highest BCUT2D eigenvalue weighted by molar-refractivity contribution is 5.55. The van der Waals surface area contributed by atoms with Gasteiger partial charge in [0.2, 0.25) is 0 Å². The van der Waals surface area contributed by atoms with Gasteiger partial charge in [0, 0.05) is 13.1 Å². The van der Waals surface area contributed by atoms with Crippen LogP contribution in [0.1, 0.15) is 24.6 Å². The van der Waals surface area contributed by atoms with Gasteiger partial charge in [-0.1, -0.05) is 0 Å². The maximum atomic E-state index is 9.09. The lowest BCUT2D eigenvalue weighted by molar-refractivity contribution is 0.390. The molecule has 1 rings (SSSR count). The second kappa shape index (κ2) is 5.69. The van der Waals surface area contributed by atoms with E-state index in [0.717, 1.165) is 24.5 Å². The van der Waals surface area contributed by atoms with E-state index >= 15 is 0 Å². The largest absolute Gasteiger partial charge is 0.367 e. The topological polar surface area (TPSA) is 56.9 Å². The fourth-order valence-corrected chi connectivity index (χ4v) is 1.72. The van der Waals surface area contributed by atoms with Gasteiger partial charge in [0.1, 0.15) is 17.5 Å². The van der Waals surface area contributed by atoms with E-state index < -0.39 is 0 Å². The summed E-state index contributed by atoms with van der Waals surface area (Å²) >= 11 is 0. The molecular formula is C12H21N5. The van der Waals surface area contributed by atoms with Crippen LogP contribution in [0.2, 0.25) is 0 Å². The minimum Gasteiger partial charge on any atom is -0.367 e. The van der Waals surface area contributed by atoms with Crippen molar-refractivity contribution in [1.29, 1.82) is 5.26 Å². The number of aryl methyl sites for hydroxylation is 2. The third kappa shape index (κ3) is 3.46. The summed E-state index contributed by atoms with van der Waals surface area (Å²) in [7, 11) is 5.97. The molecule has 5 heteroatoms. The number of nitriles is 1. The third-order valence-electron chi connectivity index (χ3n) is 2.73. The predicted molar refractivity (Wildman–Crippen MR) is 68.9 cm³/mol. The number of nitrogens with zero attached hydrogens (tertiary/aromatic N) is 4. The molecule has 0 bridgehead atoms. The first-order valence-corrected chi connectivity index (χ1v) is 5.80. The van der Waals surface area contributed by atoms with E-state index in [9.17, 15) is 0 Å². The molecule has 0 saturated carbocycles. The van der Waals surface area contributed by atoms with Crippen LogP contribution in [0.5, 0.6) is 0 Å². The normalized spacial score (nSPS) is 12.5. The summed E-state index contributed by atoms with van der Waals surface area (Å²) in [6.45, 7) is 4.99. The van der Waals surface area contributed by atoms with E-state index in [1.807, 2.05) is 14.0 Å². The number of anilines is 1. The van der Waals surface area contributed by atoms with Crippen LogP contribution in [0.3, 0.4) is 0 Å². The molecule has 0 aliphatic heterocycles. The van der Waals surface area contributed by atoms with Crippen molar-refractivity contribution in [2.24, 2.45) is 7.05 Å². The Bertz CT molecular complexity index is 413. The fraction of sp³-hybridized carbons (Fsp3) is 0.667. The Hall–Kier alpha value is -1.54. The first-order chi connectivity index (χ1) is 7.95. The Morgan fingerprint density at radius 1 is 1.53 bits per heavy atom. The average molecular weight is 235 g/mol. The van der Waals surface area contributed by atoms with Crippen molar-refractivity contribution in [2.75, 3.05) is 26.0 Å². The Morgan fingerprint density at radius 2 is 2.18 bits per heavy atom. The molecule has 0 aromatic carbocycles. The lowest BCUT2D eigenvalue weighted by atomic mass is 10.2. The molecule has 0 spiro atoms. The van der Waals surface area contributed by atoms with Gasteiger partial charge in [-0.3, -0.25) is 4.68 Å². The average Bonchev–Trinajstić information content (AvgIpc) is 2.50. The standard InChI is InChI=1S/C12H21N5/c1-9(6-7-16(3)4)14-12-11(8-13)10(2)15-17(12)5/h9,14H,6-7H2,1-5H3. The van der Waals surface area contributed by atoms with E-state index in [1.54, 1.807) is 4.68 Å². The van der Waals surface area contributed by atoms with Gasteiger partial charge in [0.15, 0.2) is 0 Å². The van der Waals surface area contributed by atoms with Crippen LogP contribution in [-0.4, -0.2) is 41.4 Å². The summed E-state index contributed by atoms with van der Waals surface area (Å²) in [5.74, 6) is 0.816. The molecule has 1 heterocycles. The van der Waals surface area contributed by atoms with E-state index in [1.165, 1.54) is 0 Å². The number of hydrogen-bond acceptors (Lipinski definition) is 4. The minimum atomic E-state index is 0.319. The number of nitrogens with one attached hydrogen (secondary N) is 1. The van der Waals surface area contributed by atoms with Crippen LogP contribution in [-0.2, 0) is 7.05 Å². The van der Waals surface area contributed by atoms with Gasteiger partial charge < -0.3 is 10.2 Å². The molecule has 1 aromatic rings. The van der Waals surface area contributed by atoms with Crippen LogP contribution < -0.4 is 5.32 Å². The molecule has 17 heavy (non-hydrogen) atoms. The van der Waals surface area contributed by atoms with Crippen LogP contribution in [0.25, 0.3) is 0 Å². The molecule has 94 valence electrons. The van der Waals surface area contributed by atoms with Crippen LogP contribution in [0.4, 0.5) is 5.82 Å². The monoisotopic (exact) mass is 235 g/mol. The molecule has 0 amide bonds. The summed E-state index contributed by atoms with van der Waals surface area (Å²) in [5.41, 5.74) is 1.42. The predicted octanol–water partition coefficient (Wildman–Crippen LogP) is 1.35. The molecular weight excluding hydrogens is 214 g/mol. The summed E-state index contributed by atoms with van der Waals surface area (Å²) in [4.78, 5) is 2.15. The molecule has 0 radical (unpaired) electrons. The van der Waals surface area contributed by atoms with Crippen molar-refractivity contribution in [3.05, 3.63) is 11.3 Å². The summed E-state index contributed by atoms with van der Waals surface area (Å²) < 4.78 is 1.74. The van der Waals surface area contributed by atoms with Crippen molar-refractivity contribution >= 4 is 5.82 Å². The number of aromatic nitrogens is 2. The molecule has 0 aliphatic carbocycles. The third-order valence-corrected chi connectivity index (χ3v) is 2.73. The van der Waals surface area contributed by atoms with Crippen molar-refractivity contribution in [3.63, 3.8) is 0 Å². The first kappa shape index (κ1) is 13.5. The zero-order valence-electron chi connectivity index (χ0n) is 11.3. The van der Waals surface area contributed by atoms with Crippen molar-refractivity contribution in [2.45, 2.75) is 26.3 Å². The van der Waals surface area contributed by atoms with Gasteiger partial charge in [-0.15, -0.1) is 0 Å². The molecule has 1 atom stereocenters. The van der Waals surface area contributed by atoms with Gasteiger partial charge >= 0.3 is 0 Å². The van der Waals surface area contributed by atoms with E-state index in [2.05, 4.69) is 42.4 Å². The first-order valence-electron chi connectivity index (χ1n) is 5.80. The van der Waals surface area contributed by atoms with Crippen LogP contribution in [0.15, 0.2) is 0 Å². The molecule has 0 aliphatic rings. The Morgan fingerprint density at radius 3 is 2.71 bits per heavy atom. The van der Waals surface area contributed by atoms with Gasteiger partial charge in [-0.05, 0) is 40.9 Å². The van der Waals surface area contributed by atoms with E-state index in [0.29, 0.717) is 11.6 Å². The number of rotatable bonds is 5. The molecule has 1 aromatic heterocycles. The zero-order chi connectivity index (χ0) is 13.0. The fourth-order valence-electron chi connectivity index (χ4n) is 1.72. The molecule has 0 fully saturated rings. The lowest BCUT2D eigenvalue weighted by Crippen LogP contribution is -2.24. The van der Waals surface area contributed by atoms with Crippen molar-refractivity contribution < 1.29 is 0 Å². The highest BCUT2D eigenvalue weighted by Gasteiger charge is 2.14. The summed E-state index contributed by atoms with van der Waals surface area (Å²) in [6.07, 6.45) is 1.03. The van der Waals surface area contributed by atoms with Crippen LogP contribution in [0, 0.1) is 18.3 Å². The smallest absolute Gasteiger partial charge is 0.142 e. The Balaban J connectivity index is 2.71. The Kier molecular flexibility index (Phi) is 4.53. The SMILES string of the molecule is Cc1nn(C)c(NC(C)CCN(C)C)c1C#N. The second-order valence-corrected chi connectivity index (χ2v) is 4.68. The lowest BCUT2D eigenvalue weighted by Gasteiger charge is -2.17. The van der Waals surface area contributed by atoms with Gasteiger partial charge in [-0.2, -0.15) is 10.4 Å². The van der Waals surface area contributed by atoms with E-state index in [4.69, 9.17) is 5.26 Å². The van der Waals surface area contributed by atoms with Gasteiger partial charge in [0.25, 0.3) is 0 Å². The van der Waals surface area contributed by atoms with Gasteiger partial charge in [0.05, 0.1) is 5.69 Å². The zero-order valence-corrected chi connectivity index (χ0v) is 11.3. The summed E-state index contributed by atoms with van der Waals surface area (Å²) in [5, 5.41) is 16.7. The summed E-state index contributed by atoms with van der Waals surface area (Å²) in [6, 6.07) is 2.52. The molecule has 1 N–H and O–H groups in total. The molecule has 1 unspecified atom stereocenters. The van der Waals surface area contributed by atoms with Crippen molar-refractivity contribution in [1.82, 2.24) is 14.7 Å². The minimum absolute atomic E-state index is 0.319. The van der Waals surface area contributed by atoms with E-state index in [-0.39, 0.29) is 0 Å². The molecule has 0 saturated heterocycles. The maximum absolute atomic E-state index is 9.09. The Labute approximate surface area is 103 Å². The van der Waals surface area contributed by atoms with Crippen LogP contribution >= 0.6 is 0 Å².